The van der Waals surface area contributed by atoms with E-state index < -0.39 is 144 Å². The summed E-state index contributed by atoms with van der Waals surface area (Å²) >= 11 is 0. The second-order valence-corrected chi connectivity index (χ2v) is 24.6. The maximum absolute atomic E-state index is 15.6. The molecule has 2 saturated heterocycles. The number of aromatic nitrogens is 1. The molecule has 5 aliphatic rings. The van der Waals surface area contributed by atoms with E-state index in [0.29, 0.717) is 51.7 Å². The van der Waals surface area contributed by atoms with E-state index in [1.54, 1.807) is 67.6 Å². The van der Waals surface area contributed by atoms with Gasteiger partial charge in [0.2, 0.25) is 65.0 Å². The van der Waals surface area contributed by atoms with Crippen LogP contribution in [0.4, 0.5) is 4.39 Å². The number of nitrogens with two attached hydrogens (primary N) is 1. The quantitative estimate of drug-likeness (QED) is 0.0904. The summed E-state index contributed by atoms with van der Waals surface area (Å²) in [6, 6.07) is 13.8. The number of ether oxygens (including phenoxy) is 2. The van der Waals surface area contributed by atoms with Gasteiger partial charge >= 0.3 is 0 Å². The third-order valence-electron chi connectivity index (χ3n) is 17.7. The van der Waals surface area contributed by atoms with E-state index >= 15 is 19.2 Å². The Kier molecular flexibility index (Phi) is 23.0. The first kappa shape index (κ1) is 69.5. The van der Waals surface area contributed by atoms with E-state index in [0.717, 1.165) is 16.0 Å². The van der Waals surface area contributed by atoms with E-state index in [4.69, 9.17) is 15.2 Å². The molecular weight excluding hydrogens is 1230 g/mol. The molecule has 95 heavy (non-hydrogen) atoms. The van der Waals surface area contributed by atoms with Gasteiger partial charge in [0.25, 0.3) is 0 Å². The van der Waals surface area contributed by atoms with Gasteiger partial charge in [0.05, 0.1) is 19.3 Å². The molecule has 6 heterocycles. The first-order valence-electron chi connectivity index (χ1n) is 31.8. The Morgan fingerprint density at radius 3 is 2.12 bits per heavy atom. The largest absolute Gasteiger partial charge is 0.497 e. The second-order valence-electron chi connectivity index (χ2n) is 24.6. The van der Waals surface area contributed by atoms with Crippen LogP contribution in [-0.2, 0) is 96.2 Å². The molecule has 2 fully saturated rings. The van der Waals surface area contributed by atoms with Crippen molar-refractivity contribution in [3.05, 3.63) is 136 Å². The van der Waals surface area contributed by atoms with Crippen LogP contribution in [0.2, 0.25) is 0 Å². The number of hydrogen-bond acceptors (Lipinski definition) is 15. The molecule has 28 heteroatoms. The summed E-state index contributed by atoms with van der Waals surface area (Å²) in [6.07, 6.45) is -1.68. The number of halogens is 1. The van der Waals surface area contributed by atoms with Crippen molar-refractivity contribution in [2.75, 3.05) is 39.9 Å². The monoisotopic (exact) mass is 1310 g/mol. The fraction of sp³-hybridized carbons (Fsp3) is 0.448. The first-order valence-corrected chi connectivity index (χ1v) is 31.8. The summed E-state index contributed by atoms with van der Waals surface area (Å²) in [6.45, 7) is 3.32. The van der Waals surface area contributed by atoms with Gasteiger partial charge in [-0.15, -0.1) is 0 Å². The van der Waals surface area contributed by atoms with E-state index in [2.05, 4.69) is 52.8 Å². The highest BCUT2D eigenvalue weighted by molar-refractivity contribution is 6.00. The van der Waals surface area contributed by atoms with Gasteiger partial charge in [0.1, 0.15) is 66.0 Å². The third kappa shape index (κ3) is 17.5. The fourth-order valence-electron chi connectivity index (χ4n) is 12.3. The highest BCUT2D eigenvalue weighted by Crippen LogP contribution is 2.32. The Morgan fingerprint density at radius 1 is 0.684 bits per heavy atom. The molecule has 5 aliphatic heterocycles. The minimum atomic E-state index is -1.83. The molecular formula is C67H82FN13O14. The minimum absolute atomic E-state index is 0.0486. The molecule has 11 amide bonds. The van der Waals surface area contributed by atoms with Crippen LogP contribution in [0.5, 0.6) is 5.75 Å². The van der Waals surface area contributed by atoms with Crippen molar-refractivity contribution in [2.24, 2.45) is 5.73 Å². The number of nitrogens with one attached hydrogen (secondary N) is 10. The summed E-state index contributed by atoms with van der Waals surface area (Å²) in [5.41, 5.74) is 8.57. The van der Waals surface area contributed by atoms with Crippen LogP contribution in [0.1, 0.15) is 86.3 Å². The molecule has 0 saturated carbocycles. The summed E-state index contributed by atoms with van der Waals surface area (Å²) in [5.74, 6) is -8.60. The molecule has 0 spiro atoms. The van der Waals surface area contributed by atoms with E-state index in [-0.39, 0.29) is 77.7 Å². The molecule has 506 valence electrons. The van der Waals surface area contributed by atoms with E-state index in [1.165, 1.54) is 50.3 Å². The van der Waals surface area contributed by atoms with Gasteiger partial charge in [-0.1, -0.05) is 60.7 Å². The number of aromatic amines is 1. The number of aliphatic hydroxyl groups excluding tert-OH is 1. The van der Waals surface area contributed by atoms with Crippen molar-refractivity contribution in [1.29, 1.82) is 0 Å². The smallest absolute Gasteiger partial charge is 0.246 e. The zero-order chi connectivity index (χ0) is 68.1. The van der Waals surface area contributed by atoms with Gasteiger partial charge in [-0.25, -0.2) is 4.39 Å². The van der Waals surface area contributed by atoms with E-state index in [1.807, 2.05) is 12.1 Å². The molecule has 0 aliphatic carbocycles. The number of methoxy groups -OCH3 is 1. The lowest BCUT2D eigenvalue weighted by atomic mass is 9.95. The zero-order valence-electron chi connectivity index (χ0n) is 53.4. The topological polar surface area (TPSA) is 383 Å². The molecule has 1 aromatic heterocycles. The molecule has 27 nitrogen and oxygen atoms in total. The number of aliphatic hydroxyl groups is 1. The number of carbonyl (C=O) groups excluding carboxylic acids is 11. The Bertz CT molecular complexity index is 3680. The van der Waals surface area contributed by atoms with Gasteiger partial charge < -0.3 is 82.9 Å². The molecule has 5 aromatic rings. The molecule has 10 atom stereocenters. The van der Waals surface area contributed by atoms with Gasteiger partial charge in [0, 0.05) is 88.5 Å². The highest BCUT2D eigenvalue weighted by atomic mass is 19.1. The normalized spacial score (nSPS) is 25.9. The number of nitrogens with zero attached hydrogens (tertiary/aromatic N) is 2. The first-order chi connectivity index (χ1) is 45.5. The maximum Gasteiger partial charge on any atom is 0.246 e. The molecule has 4 aromatic carbocycles. The summed E-state index contributed by atoms with van der Waals surface area (Å²) in [7, 11) is 1.49. The van der Waals surface area contributed by atoms with E-state index in [9.17, 15) is 43.1 Å². The van der Waals surface area contributed by atoms with Crippen molar-refractivity contribution in [3.63, 3.8) is 0 Å². The minimum Gasteiger partial charge on any atom is -0.497 e. The maximum atomic E-state index is 15.6. The lowest BCUT2D eigenvalue weighted by molar-refractivity contribution is -0.148. The van der Waals surface area contributed by atoms with Crippen LogP contribution in [0.25, 0.3) is 10.9 Å². The molecule has 0 radical (unpaired) electrons. The van der Waals surface area contributed by atoms with Gasteiger partial charge in [0.15, 0.2) is 0 Å². The molecule has 13 N–H and O–H groups in total. The number of H-pyrrole nitrogens is 1. The van der Waals surface area contributed by atoms with Crippen molar-refractivity contribution >= 4 is 75.9 Å². The number of benzene rings is 4. The fourth-order valence-corrected chi connectivity index (χ4v) is 12.3. The van der Waals surface area contributed by atoms with Gasteiger partial charge in [-0.05, 0) is 110 Å². The Morgan fingerprint density at radius 2 is 1.38 bits per heavy atom. The van der Waals surface area contributed by atoms with Gasteiger partial charge in [-0.2, -0.15) is 0 Å². The lowest BCUT2D eigenvalue weighted by Gasteiger charge is -2.37. The standard InChI is InChI=1S/C67H82FN13O14/c1-37-59(86)76-49-29-42-7-5-8-43(27-42)34-73-56(85)36-95-53-22-26-80(64(91)51(77-60(49)87)30-44-35-71-48-18-15-45(68)31-47(44)48)58(53)63(90)79-57(38(2)82)62(89)78-50(28-40-13-16-46(94-4)17-14-40)65(92)81-25-6-23-67(81,3)66(93)70-24-21-39-9-11-41(12-10-39)33-72-54(83)19-20-55(84)75-52(32-69)61(88)74-37/h5,7-18,27,31,35,37-38,49-53,57-58,71,82H,6,19-26,28-30,32-34,36,69H2,1-4H3,(H,70,93)(H,72,83)(H,73,85)(H,74,88)(H,75,84)(H,76,86)(H,77,87)(H,78,89)(H,79,90)/t37-,38-,49?,50+,51+,52+,53+,57+,58+,67+/m1/s1. The number of hydrogen-bond donors (Lipinski definition) is 12. The second kappa shape index (κ2) is 31.4. The summed E-state index contributed by atoms with van der Waals surface area (Å²) in [4.78, 5) is 164. The predicted octanol–water partition coefficient (Wildman–Crippen LogP) is -0.622. The van der Waals surface area contributed by atoms with Crippen molar-refractivity contribution < 1.29 is 71.7 Å². The van der Waals surface area contributed by atoms with Crippen molar-refractivity contribution in [1.82, 2.24) is 62.6 Å². The van der Waals surface area contributed by atoms with Crippen LogP contribution in [0, 0.1) is 5.82 Å². The van der Waals surface area contributed by atoms with Crippen LogP contribution in [0.3, 0.4) is 0 Å². The summed E-state index contributed by atoms with van der Waals surface area (Å²) in [5, 5.41) is 36.2. The van der Waals surface area contributed by atoms with Crippen molar-refractivity contribution in [2.45, 2.75) is 152 Å². The lowest BCUT2D eigenvalue weighted by Crippen LogP contribution is -2.64. The van der Waals surface area contributed by atoms with Crippen LogP contribution < -0.4 is 58.3 Å². The van der Waals surface area contributed by atoms with Crippen LogP contribution in [0.15, 0.2) is 97.2 Å². The number of carbonyl (C=O) groups is 11. The molecule has 1 unspecified atom stereocenters. The van der Waals surface area contributed by atoms with Crippen molar-refractivity contribution in [3.8, 4) is 5.75 Å². The van der Waals surface area contributed by atoms with Gasteiger partial charge in [-0.3, -0.25) is 52.7 Å². The van der Waals surface area contributed by atoms with Crippen LogP contribution in [-0.4, -0.2) is 185 Å². The third-order valence-corrected chi connectivity index (χ3v) is 17.7. The zero-order valence-corrected chi connectivity index (χ0v) is 53.4. The number of rotatable bonds is 7. The average Bonchev–Trinajstić information content (AvgIpc) is 1.71. The molecule has 10 rings (SSSR count). The SMILES string of the molecule is COc1ccc(C[C@@H]2NC(=O)[C@H]([C@@H](C)O)NC(=O)[C@@H]3[C@@H]4CCN3C(=O)[C@H](Cc3c[nH]c5ccc(F)cc35)NC(=O)C(Cc3cccc(c3)CNC(=O)CO4)NC(=O)[C@@H](C)NC(=O)[C@H](CN)NC(=O)CCC(=O)NCc3ccc(cc3)CCNC(=O)[C@]3(C)CCCN3C2=O)cc1. The number of amides is 11. The van der Waals surface area contributed by atoms with Crippen LogP contribution >= 0.6 is 0 Å². The predicted molar refractivity (Wildman–Crippen MR) is 342 cm³/mol. The summed E-state index contributed by atoms with van der Waals surface area (Å²) < 4.78 is 26.5. The molecule has 8 bridgehead atoms. The highest BCUT2D eigenvalue weighted by Gasteiger charge is 2.49. The number of fused-ring (bicyclic) bond motifs is 26. The Balaban J connectivity index is 1.07. The Hall–Kier alpha value is -9.80. The Labute approximate surface area is 547 Å². The average molecular weight is 1310 g/mol.